The maximum Gasteiger partial charge on any atom is 0.171 e. The second kappa shape index (κ2) is 5.69. The second-order valence-electron chi connectivity index (χ2n) is 4.88. The first-order valence-electron chi connectivity index (χ1n) is 5.14. The molecule has 0 saturated carbocycles. The van der Waals surface area contributed by atoms with Crippen molar-refractivity contribution in [1.82, 2.24) is 5.32 Å². The van der Waals surface area contributed by atoms with Gasteiger partial charge in [-0.1, -0.05) is 20.8 Å². The lowest BCUT2D eigenvalue weighted by molar-refractivity contribution is -0.122. The molecule has 14 heavy (non-hydrogen) atoms. The van der Waals surface area contributed by atoms with Gasteiger partial charge in [0.2, 0.25) is 0 Å². The number of hydrogen-bond donors (Lipinski definition) is 1. The van der Waals surface area contributed by atoms with Crippen LogP contribution in [-0.4, -0.2) is 32.6 Å². The number of rotatable bonds is 5. The molecule has 0 aliphatic carbocycles. The van der Waals surface area contributed by atoms with Crippen LogP contribution in [0.4, 0.5) is 0 Å². The fourth-order valence-corrected chi connectivity index (χ4v) is 1.23. The molecule has 0 amide bonds. The van der Waals surface area contributed by atoms with E-state index in [1.165, 1.54) is 0 Å². The van der Waals surface area contributed by atoms with E-state index in [2.05, 4.69) is 39.9 Å². The third-order valence-corrected chi connectivity index (χ3v) is 2.68. The molecule has 1 N–H and O–H groups in total. The van der Waals surface area contributed by atoms with E-state index < -0.39 is 0 Å². The van der Waals surface area contributed by atoms with E-state index >= 15 is 0 Å². The maximum atomic E-state index is 5.19. The van der Waals surface area contributed by atoms with Gasteiger partial charge in [0.15, 0.2) is 6.29 Å². The van der Waals surface area contributed by atoms with E-state index in [4.69, 9.17) is 9.47 Å². The van der Waals surface area contributed by atoms with Crippen molar-refractivity contribution in [1.29, 1.82) is 0 Å². The van der Waals surface area contributed by atoms with Gasteiger partial charge >= 0.3 is 0 Å². The molecule has 0 aromatic carbocycles. The van der Waals surface area contributed by atoms with Crippen molar-refractivity contribution in [2.45, 2.75) is 53.0 Å². The van der Waals surface area contributed by atoms with E-state index in [1.54, 1.807) is 14.2 Å². The minimum atomic E-state index is -0.181. The molecule has 0 heterocycles. The molecule has 3 heteroatoms. The van der Waals surface area contributed by atoms with Crippen molar-refractivity contribution in [2.24, 2.45) is 5.41 Å². The minimum Gasteiger partial charge on any atom is -0.354 e. The lowest BCUT2D eigenvalue weighted by Crippen LogP contribution is -2.48. The van der Waals surface area contributed by atoms with Crippen LogP contribution in [0.3, 0.4) is 0 Å². The van der Waals surface area contributed by atoms with Gasteiger partial charge in [-0.3, -0.25) is 0 Å². The third kappa shape index (κ3) is 4.40. The van der Waals surface area contributed by atoms with Crippen LogP contribution in [0.1, 0.15) is 34.6 Å². The van der Waals surface area contributed by atoms with Crippen LogP contribution >= 0.6 is 0 Å². The fourth-order valence-electron chi connectivity index (χ4n) is 1.23. The monoisotopic (exact) mass is 203 g/mol. The number of methoxy groups -OCH3 is 2. The van der Waals surface area contributed by atoms with Crippen molar-refractivity contribution in [2.75, 3.05) is 14.2 Å². The molecular weight excluding hydrogens is 178 g/mol. The van der Waals surface area contributed by atoms with Crippen LogP contribution in [-0.2, 0) is 9.47 Å². The highest BCUT2D eigenvalue weighted by atomic mass is 16.7. The van der Waals surface area contributed by atoms with Crippen LogP contribution in [0.5, 0.6) is 0 Å². The first kappa shape index (κ1) is 13.9. The molecule has 0 aliphatic heterocycles. The average Bonchev–Trinajstić information content (AvgIpc) is 2.04. The average molecular weight is 203 g/mol. The van der Waals surface area contributed by atoms with Crippen LogP contribution in [0, 0.1) is 5.41 Å². The SMILES string of the molecule is COC(OC)C(C)NC(C)C(C)(C)C. The lowest BCUT2D eigenvalue weighted by atomic mass is 9.87. The molecule has 2 atom stereocenters. The maximum absolute atomic E-state index is 5.19. The minimum absolute atomic E-state index is 0.181. The number of nitrogens with one attached hydrogen (secondary N) is 1. The molecule has 86 valence electrons. The van der Waals surface area contributed by atoms with Crippen molar-refractivity contribution >= 4 is 0 Å². The summed E-state index contributed by atoms with van der Waals surface area (Å²) in [6.07, 6.45) is -0.181. The molecule has 2 unspecified atom stereocenters. The summed E-state index contributed by atoms with van der Waals surface area (Å²) in [5, 5.41) is 3.47. The van der Waals surface area contributed by atoms with E-state index in [-0.39, 0.29) is 17.7 Å². The van der Waals surface area contributed by atoms with Crippen molar-refractivity contribution in [3.8, 4) is 0 Å². The van der Waals surface area contributed by atoms with E-state index in [0.717, 1.165) is 0 Å². The largest absolute Gasteiger partial charge is 0.354 e. The Morgan fingerprint density at radius 3 is 1.71 bits per heavy atom. The van der Waals surface area contributed by atoms with Crippen LogP contribution in [0.15, 0.2) is 0 Å². The normalized spacial score (nSPS) is 17.1. The molecule has 0 aromatic heterocycles. The zero-order valence-corrected chi connectivity index (χ0v) is 10.5. The first-order chi connectivity index (χ1) is 6.32. The van der Waals surface area contributed by atoms with E-state index in [9.17, 15) is 0 Å². The molecular formula is C11H25NO2. The highest BCUT2D eigenvalue weighted by Gasteiger charge is 2.24. The standard InChI is InChI=1S/C11H25NO2/c1-8(10(13-6)14-7)12-9(2)11(3,4)5/h8-10,12H,1-7H3. The van der Waals surface area contributed by atoms with Gasteiger partial charge in [-0.15, -0.1) is 0 Å². The summed E-state index contributed by atoms with van der Waals surface area (Å²) < 4.78 is 10.4. The second-order valence-corrected chi connectivity index (χ2v) is 4.88. The van der Waals surface area contributed by atoms with Crippen LogP contribution < -0.4 is 5.32 Å². The van der Waals surface area contributed by atoms with Gasteiger partial charge in [0.1, 0.15) is 0 Å². The molecule has 0 aromatic rings. The summed E-state index contributed by atoms with van der Waals surface area (Å²) in [7, 11) is 3.32. The third-order valence-electron chi connectivity index (χ3n) is 2.68. The van der Waals surface area contributed by atoms with Crippen molar-refractivity contribution < 1.29 is 9.47 Å². The highest BCUT2D eigenvalue weighted by molar-refractivity contribution is 4.79. The Kier molecular flexibility index (Phi) is 5.64. The predicted octanol–water partition coefficient (Wildman–Crippen LogP) is 2.02. The topological polar surface area (TPSA) is 30.5 Å². The zero-order chi connectivity index (χ0) is 11.4. The molecule has 0 rings (SSSR count). The quantitative estimate of drug-likeness (QED) is 0.693. The molecule has 0 bridgehead atoms. The smallest absolute Gasteiger partial charge is 0.171 e. The molecule has 0 spiro atoms. The van der Waals surface area contributed by atoms with Gasteiger partial charge in [-0.05, 0) is 19.3 Å². The molecule has 0 aliphatic rings. The first-order valence-corrected chi connectivity index (χ1v) is 5.14. The summed E-state index contributed by atoms with van der Waals surface area (Å²) in [6, 6.07) is 0.615. The van der Waals surface area contributed by atoms with Gasteiger partial charge in [-0.25, -0.2) is 0 Å². The summed E-state index contributed by atoms with van der Waals surface area (Å²) in [5.41, 5.74) is 0.250. The van der Waals surface area contributed by atoms with Gasteiger partial charge in [0, 0.05) is 20.3 Å². The molecule has 0 fully saturated rings. The Morgan fingerprint density at radius 2 is 1.43 bits per heavy atom. The van der Waals surface area contributed by atoms with Gasteiger partial charge in [0.05, 0.1) is 6.04 Å². The van der Waals surface area contributed by atoms with Crippen molar-refractivity contribution in [3.05, 3.63) is 0 Å². The summed E-state index contributed by atoms with van der Waals surface area (Å²) in [6.45, 7) is 10.9. The molecule has 3 nitrogen and oxygen atoms in total. The number of ether oxygens (including phenoxy) is 2. The fraction of sp³-hybridized carbons (Fsp3) is 1.00. The Balaban J connectivity index is 4.10. The van der Waals surface area contributed by atoms with Gasteiger partial charge < -0.3 is 14.8 Å². The Morgan fingerprint density at radius 1 is 1.00 bits per heavy atom. The molecule has 0 saturated heterocycles. The highest BCUT2D eigenvalue weighted by Crippen LogP contribution is 2.19. The van der Waals surface area contributed by atoms with Crippen LogP contribution in [0.25, 0.3) is 0 Å². The van der Waals surface area contributed by atoms with Gasteiger partial charge in [0.25, 0.3) is 0 Å². The molecule has 0 radical (unpaired) electrons. The Labute approximate surface area is 88.2 Å². The summed E-state index contributed by atoms with van der Waals surface area (Å²) in [5.74, 6) is 0. The summed E-state index contributed by atoms with van der Waals surface area (Å²) >= 11 is 0. The predicted molar refractivity (Wildman–Crippen MR) is 59.3 cm³/mol. The van der Waals surface area contributed by atoms with E-state index in [1.807, 2.05) is 0 Å². The number of hydrogen-bond acceptors (Lipinski definition) is 3. The summed E-state index contributed by atoms with van der Waals surface area (Å²) in [4.78, 5) is 0. The Bertz CT molecular complexity index is 150. The van der Waals surface area contributed by atoms with Gasteiger partial charge in [-0.2, -0.15) is 0 Å². The lowest BCUT2D eigenvalue weighted by Gasteiger charge is -2.33. The zero-order valence-electron chi connectivity index (χ0n) is 10.5. The van der Waals surface area contributed by atoms with Crippen molar-refractivity contribution in [3.63, 3.8) is 0 Å². The van der Waals surface area contributed by atoms with Crippen LogP contribution in [0.2, 0.25) is 0 Å². The Hall–Kier alpha value is -0.120. The van der Waals surface area contributed by atoms with E-state index in [0.29, 0.717) is 6.04 Å².